The smallest absolute Gasteiger partial charge is 0.328 e. The summed E-state index contributed by atoms with van der Waals surface area (Å²) >= 11 is 0. The molecule has 3 nitrogen and oxygen atoms in total. The van der Waals surface area contributed by atoms with Gasteiger partial charge in [-0.15, -0.1) is 0 Å². The number of carboxylic acids is 1. The number of carbonyl (C=O) groups is 1. The van der Waals surface area contributed by atoms with E-state index in [1.165, 1.54) is 6.07 Å². The monoisotopic (exact) mass is 251 g/mol. The highest BCUT2D eigenvalue weighted by Gasteiger charge is 2.41. The van der Waals surface area contributed by atoms with Gasteiger partial charge in [0.05, 0.1) is 0 Å². The molecule has 2 rings (SSSR count). The maximum Gasteiger partial charge on any atom is 0.328 e. The molecule has 0 aromatic heterocycles. The van der Waals surface area contributed by atoms with Gasteiger partial charge in [-0.1, -0.05) is 25.1 Å². The molecule has 0 radical (unpaired) electrons. The lowest BCUT2D eigenvalue weighted by Crippen LogP contribution is -2.50. The summed E-state index contributed by atoms with van der Waals surface area (Å²) in [4.78, 5) is 11.6. The van der Waals surface area contributed by atoms with Gasteiger partial charge in [0.1, 0.15) is 11.4 Å². The number of hydrogen-bond donors (Lipinski definition) is 2. The third-order valence-corrected chi connectivity index (χ3v) is 3.62. The van der Waals surface area contributed by atoms with Crippen LogP contribution in [0.25, 0.3) is 0 Å². The van der Waals surface area contributed by atoms with Crippen molar-refractivity contribution in [2.45, 2.75) is 31.7 Å². The van der Waals surface area contributed by atoms with E-state index in [0.717, 1.165) is 12.8 Å². The second-order valence-corrected chi connectivity index (χ2v) is 4.87. The third-order valence-electron chi connectivity index (χ3n) is 3.62. The highest BCUT2D eigenvalue weighted by atomic mass is 19.1. The molecule has 1 atom stereocenters. The Labute approximate surface area is 106 Å². The summed E-state index contributed by atoms with van der Waals surface area (Å²) in [6.07, 6.45) is 2.57. The minimum atomic E-state index is -1.31. The number of rotatable bonds is 6. The van der Waals surface area contributed by atoms with Gasteiger partial charge in [0, 0.05) is 5.56 Å². The van der Waals surface area contributed by atoms with Crippen molar-refractivity contribution in [1.82, 2.24) is 5.32 Å². The first-order chi connectivity index (χ1) is 8.60. The number of carboxylic acid groups (broad SMARTS) is 1. The van der Waals surface area contributed by atoms with Gasteiger partial charge in [0.2, 0.25) is 0 Å². The van der Waals surface area contributed by atoms with Crippen LogP contribution >= 0.6 is 0 Å². The van der Waals surface area contributed by atoms with E-state index in [1.54, 1.807) is 25.1 Å². The Bertz CT molecular complexity index is 445. The van der Waals surface area contributed by atoms with Crippen molar-refractivity contribution in [3.8, 4) is 0 Å². The summed E-state index contributed by atoms with van der Waals surface area (Å²) in [5, 5.41) is 12.6. The van der Waals surface area contributed by atoms with Crippen LogP contribution in [-0.2, 0) is 10.3 Å². The first-order valence-corrected chi connectivity index (χ1v) is 6.33. The molecule has 0 heterocycles. The quantitative estimate of drug-likeness (QED) is 0.816. The largest absolute Gasteiger partial charge is 0.480 e. The van der Waals surface area contributed by atoms with Crippen LogP contribution in [-0.4, -0.2) is 17.6 Å². The molecule has 18 heavy (non-hydrogen) atoms. The number of benzene rings is 1. The summed E-state index contributed by atoms with van der Waals surface area (Å²) in [5.74, 6) is -0.942. The highest BCUT2D eigenvalue weighted by Crippen LogP contribution is 2.32. The van der Waals surface area contributed by atoms with Crippen molar-refractivity contribution in [2.75, 3.05) is 6.54 Å². The molecule has 0 saturated heterocycles. The van der Waals surface area contributed by atoms with E-state index < -0.39 is 17.3 Å². The molecule has 1 saturated carbocycles. The van der Waals surface area contributed by atoms with Gasteiger partial charge in [-0.3, -0.25) is 5.32 Å². The predicted molar refractivity (Wildman–Crippen MR) is 66.7 cm³/mol. The molecule has 1 fully saturated rings. The molecule has 0 amide bonds. The predicted octanol–water partition coefficient (Wildman–Crippen LogP) is 2.52. The van der Waals surface area contributed by atoms with E-state index in [9.17, 15) is 14.3 Å². The topological polar surface area (TPSA) is 49.3 Å². The lowest BCUT2D eigenvalue weighted by atomic mass is 9.86. The number of halogens is 1. The van der Waals surface area contributed by atoms with Gasteiger partial charge in [0.15, 0.2) is 0 Å². The Morgan fingerprint density at radius 2 is 2.17 bits per heavy atom. The zero-order chi connectivity index (χ0) is 13.2. The van der Waals surface area contributed by atoms with Crippen molar-refractivity contribution in [3.63, 3.8) is 0 Å². The fourth-order valence-corrected chi connectivity index (χ4v) is 2.20. The van der Waals surface area contributed by atoms with Gasteiger partial charge in [0.25, 0.3) is 0 Å². The number of hydrogen-bond acceptors (Lipinski definition) is 2. The molecular formula is C14H18FNO2. The van der Waals surface area contributed by atoms with Gasteiger partial charge in [-0.05, 0) is 37.8 Å². The molecule has 1 aromatic rings. The Kier molecular flexibility index (Phi) is 3.66. The minimum absolute atomic E-state index is 0.223. The average Bonchev–Trinajstić information content (AvgIpc) is 3.16. The summed E-state index contributed by atoms with van der Waals surface area (Å²) < 4.78 is 13.9. The van der Waals surface area contributed by atoms with Crippen LogP contribution in [0.1, 0.15) is 31.7 Å². The van der Waals surface area contributed by atoms with Crippen LogP contribution in [0.15, 0.2) is 24.3 Å². The van der Waals surface area contributed by atoms with Crippen LogP contribution in [0.2, 0.25) is 0 Å². The first-order valence-electron chi connectivity index (χ1n) is 6.33. The maximum absolute atomic E-state index is 13.9. The van der Waals surface area contributed by atoms with E-state index in [2.05, 4.69) is 5.32 Å². The number of aliphatic carboxylic acids is 1. The molecule has 1 aliphatic rings. The SMILES string of the molecule is CCC(NCC1CC1)(C(=O)O)c1ccccc1F. The lowest BCUT2D eigenvalue weighted by molar-refractivity contribution is -0.145. The van der Waals surface area contributed by atoms with E-state index in [1.807, 2.05) is 0 Å². The van der Waals surface area contributed by atoms with Gasteiger partial charge in [-0.2, -0.15) is 0 Å². The van der Waals surface area contributed by atoms with E-state index in [0.29, 0.717) is 18.9 Å². The van der Waals surface area contributed by atoms with Gasteiger partial charge in [-0.25, -0.2) is 9.18 Å². The van der Waals surface area contributed by atoms with Crippen molar-refractivity contribution in [3.05, 3.63) is 35.6 Å². The molecule has 0 aliphatic heterocycles. The van der Waals surface area contributed by atoms with E-state index in [-0.39, 0.29) is 5.56 Å². The molecule has 1 aliphatic carbocycles. The zero-order valence-electron chi connectivity index (χ0n) is 10.4. The Hall–Kier alpha value is -1.42. The van der Waals surface area contributed by atoms with Crippen molar-refractivity contribution >= 4 is 5.97 Å². The molecule has 98 valence electrons. The van der Waals surface area contributed by atoms with Crippen LogP contribution in [0.4, 0.5) is 4.39 Å². The van der Waals surface area contributed by atoms with Crippen LogP contribution in [0, 0.1) is 11.7 Å². The molecule has 0 spiro atoms. The van der Waals surface area contributed by atoms with Gasteiger partial charge < -0.3 is 5.11 Å². The maximum atomic E-state index is 13.9. The Morgan fingerprint density at radius 1 is 1.50 bits per heavy atom. The van der Waals surface area contributed by atoms with Crippen molar-refractivity contribution in [2.24, 2.45) is 5.92 Å². The fraction of sp³-hybridized carbons (Fsp3) is 0.500. The van der Waals surface area contributed by atoms with Crippen LogP contribution < -0.4 is 5.32 Å². The second kappa shape index (κ2) is 5.06. The van der Waals surface area contributed by atoms with Gasteiger partial charge >= 0.3 is 5.97 Å². The molecule has 1 aromatic carbocycles. The fourth-order valence-electron chi connectivity index (χ4n) is 2.20. The highest BCUT2D eigenvalue weighted by molar-refractivity contribution is 5.80. The molecule has 1 unspecified atom stereocenters. The van der Waals surface area contributed by atoms with E-state index >= 15 is 0 Å². The van der Waals surface area contributed by atoms with E-state index in [4.69, 9.17) is 0 Å². The number of nitrogens with one attached hydrogen (secondary N) is 1. The summed E-state index contributed by atoms with van der Waals surface area (Å²) in [5.41, 5.74) is -1.09. The second-order valence-electron chi connectivity index (χ2n) is 4.87. The Morgan fingerprint density at radius 3 is 2.67 bits per heavy atom. The molecule has 0 bridgehead atoms. The summed E-state index contributed by atoms with van der Waals surface area (Å²) in [7, 11) is 0. The molecular weight excluding hydrogens is 233 g/mol. The summed E-state index contributed by atoms with van der Waals surface area (Å²) in [6.45, 7) is 2.40. The molecule has 4 heteroatoms. The Balaban J connectivity index is 2.32. The van der Waals surface area contributed by atoms with Crippen LogP contribution in [0.5, 0.6) is 0 Å². The standard InChI is InChI=1S/C14H18FNO2/c1-2-14(13(17)18,16-9-10-7-8-10)11-5-3-4-6-12(11)15/h3-6,10,16H,2,7-9H2,1H3,(H,17,18). The summed E-state index contributed by atoms with van der Waals surface area (Å²) in [6, 6.07) is 6.10. The first kappa shape index (κ1) is 13.0. The zero-order valence-corrected chi connectivity index (χ0v) is 10.4. The lowest BCUT2D eigenvalue weighted by Gasteiger charge is -2.30. The van der Waals surface area contributed by atoms with Crippen molar-refractivity contribution in [1.29, 1.82) is 0 Å². The molecule has 2 N–H and O–H groups in total. The third kappa shape index (κ3) is 2.38. The van der Waals surface area contributed by atoms with Crippen molar-refractivity contribution < 1.29 is 14.3 Å². The minimum Gasteiger partial charge on any atom is -0.480 e. The normalized spacial score (nSPS) is 18.3. The van der Waals surface area contributed by atoms with Crippen LogP contribution in [0.3, 0.4) is 0 Å². The average molecular weight is 251 g/mol.